The van der Waals surface area contributed by atoms with Crippen molar-refractivity contribution in [3.8, 4) is 5.75 Å². The molecule has 5 nitrogen and oxygen atoms in total. The Morgan fingerprint density at radius 1 is 1.58 bits per heavy atom. The Morgan fingerprint density at radius 3 is 2.75 bits per heavy atom. The summed E-state index contributed by atoms with van der Waals surface area (Å²) < 4.78 is 4.77. The molecule has 6 heteroatoms. The van der Waals surface area contributed by atoms with Gasteiger partial charge in [0, 0.05) is 6.20 Å². The quantitative estimate of drug-likeness (QED) is 0.450. The summed E-state index contributed by atoms with van der Waals surface area (Å²) in [5.41, 5.74) is -0.667. The highest BCUT2D eigenvalue weighted by atomic mass is 16.5. The number of hydrogen-bond donors (Lipinski definition) is 3. The van der Waals surface area contributed by atoms with Crippen LogP contribution in [0.1, 0.15) is 0 Å². The zero-order chi connectivity index (χ0) is 9.14. The van der Waals surface area contributed by atoms with Crippen LogP contribution in [0.25, 0.3) is 0 Å². The van der Waals surface area contributed by atoms with Gasteiger partial charge in [0.05, 0.1) is 12.6 Å². The van der Waals surface area contributed by atoms with Gasteiger partial charge >= 0.3 is 7.12 Å². The second-order valence-electron chi connectivity index (χ2n) is 2.20. The van der Waals surface area contributed by atoms with Gasteiger partial charge in [0.25, 0.3) is 0 Å². The normalized spacial score (nSPS) is 9.58. The molecule has 0 aliphatic rings. The van der Waals surface area contributed by atoms with E-state index in [2.05, 4.69) is 4.98 Å². The average Bonchev–Trinajstić information content (AvgIpc) is 2.05. The van der Waals surface area contributed by atoms with Crippen LogP contribution in [-0.2, 0) is 0 Å². The topological polar surface area (TPSA) is 82.6 Å². The van der Waals surface area contributed by atoms with Crippen LogP contribution in [0.2, 0.25) is 0 Å². The monoisotopic (exact) mass is 169 g/mol. The van der Waals surface area contributed by atoms with Crippen LogP contribution < -0.4 is 15.8 Å². The van der Waals surface area contributed by atoms with Gasteiger partial charge in [-0.2, -0.15) is 0 Å². The van der Waals surface area contributed by atoms with Crippen molar-refractivity contribution in [3.63, 3.8) is 0 Å². The minimum absolute atomic E-state index is 0.130. The molecule has 1 heterocycles. The first-order valence-corrected chi connectivity index (χ1v) is 3.28. The van der Waals surface area contributed by atoms with Gasteiger partial charge in [0.15, 0.2) is 0 Å². The number of nitrogens with one attached hydrogen (secondary N) is 1. The summed E-state index contributed by atoms with van der Waals surface area (Å²) in [6, 6.07) is 1.27. The molecule has 0 fully saturated rings. The highest BCUT2D eigenvalue weighted by molar-refractivity contribution is 6.58. The molecule has 12 heavy (non-hydrogen) atoms. The highest BCUT2D eigenvalue weighted by Gasteiger charge is 2.15. The fraction of sp³-hybridized carbons (Fsp3) is 0.167. The van der Waals surface area contributed by atoms with E-state index in [9.17, 15) is 4.79 Å². The minimum Gasteiger partial charge on any atom is -0.495 e. The van der Waals surface area contributed by atoms with E-state index in [1.165, 1.54) is 19.4 Å². The molecule has 64 valence electrons. The molecule has 0 amide bonds. The third kappa shape index (κ3) is 1.66. The van der Waals surface area contributed by atoms with E-state index in [4.69, 9.17) is 14.8 Å². The minimum atomic E-state index is -1.77. The largest absolute Gasteiger partial charge is 0.495 e. The lowest BCUT2D eigenvalue weighted by molar-refractivity contribution is 0.409. The number of methoxy groups -OCH3 is 1. The number of ether oxygens (including phenoxy) is 1. The lowest BCUT2D eigenvalue weighted by Gasteiger charge is -2.01. The van der Waals surface area contributed by atoms with Crippen molar-refractivity contribution >= 4 is 12.6 Å². The van der Waals surface area contributed by atoms with Crippen molar-refractivity contribution in [1.29, 1.82) is 0 Å². The average molecular weight is 169 g/mol. The van der Waals surface area contributed by atoms with Gasteiger partial charge in [0.2, 0.25) is 5.56 Å². The summed E-state index contributed by atoms with van der Waals surface area (Å²) in [6.07, 6.45) is 1.34. The Hall–Kier alpha value is -1.27. The lowest BCUT2D eigenvalue weighted by Crippen LogP contribution is -2.42. The molecule has 0 saturated heterocycles. The Morgan fingerprint density at radius 2 is 2.25 bits per heavy atom. The SMILES string of the molecule is COc1c[nH]c(=O)c(B(O)O)c1. The molecule has 0 atom stereocenters. The molecule has 0 aliphatic heterocycles. The van der Waals surface area contributed by atoms with Crippen molar-refractivity contribution in [2.24, 2.45) is 0 Å². The van der Waals surface area contributed by atoms with Gasteiger partial charge in [-0.05, 0) is 6.07 Å². The smallest absolute Gasteiger partial charge is 0.494 e. The van der Waals surface area contributed by atoms with Crippen molar-refractivity contribution in [2.75, 3.05) is 7.11 Å². The number of hydrogen-bond acceptors (Lipinski definition) is 4. The van der Waals surface area contributed by atoms with E-state index in [-0.39, 0.29) is 5.46 Å². The maximum absolute atomic E-state index is 10.9. The van der Waals surface area contributed by atoms with Gasteiger partial charge in [-0.1, -0.05) is 0 Å². The predicted octanol–water partition coefficient (Wildman–Crippen LogP) is -1.94. The van der Waals surface area contributed by atoms with Crippen LogP contribution in [0.15, 0.2) is 17.1 Å². The fourth-order valence-electron chi connectivity index (χ4n) is 0.790. The van der Waals surface area contributed by atoms with Gasteiger partial charge in [0.1, 0.15) is 5.75 Å². The maximum atomic E-state index is 10.9. The molecule has 0 unspecified atom stereocenters. The van der Waals surface area contributed by atoms with E-state index in [0.717, 1.165) is 0 Å². The van der Waals surface area contributed by atoms with Crippen LogP contribution in [0.4, 0.5) is 0 Å². The van der Waals surface area contributed by atoms with Gasteiger partial charge in [-0.25, -0.2) is 0 Å². The zero-order valence-electron chi connectivity index (χ0n) is 6.44. The molecule has 0 bridgehead atoms. The van der Waals surface area contributed by atoms with Gasteiger partial charge in [-0.3, -0.25) is 4.79 Å². The summed E-state index contributed by atoms with van der Waals surface area (Å²) in [7, 11) is -0.356. The Balaban J connectivity index is 3.17. The zero-order valence-corrected chi connectivity index (χ0v) is 6.44. The van der Waals surface area contributed by atoms with Crippen molar-refractivity contribution < 1.29 is 14.8 Å². The first kappa shape index (κ1) is 8.83. The van der Waals surface area contributed by atoms with Crippen LogP contribution in [0.5, 0.6) is 5.75 Å². The summed E-state index contributed by atoms with van der Waals surface area (Å²) >= 11 is 0. The van der Waals surface area contributed by atoms with Crippen LogP contribution in [-0.4, -0.2) is 29.3 Å². The summed E-state index contributed by atoms with van der Waals surface area (Å²) in [5.74, 6) is 0.373. The van der Waals surface area contributed by atoms with Crippen LogP contribution in [0, 0.1) is 0 Å². The Labute approximate surface area is 68.8 Å². The number of aromatic amines is 1. The maximum Gasteiger partial charge on any atom is 0.494 e. The van der Waals surface area contributed by atoms with Crippen molar-refractivity contribution in [2.45, 2.75) is 0 Å². The summed E-state index contributed by atoms with van der Waals surface area (Å²) in [4.78, 5) is 13.2. The van der Waals surface area contributed by atoms with Crippen LogP contribution in [0.3, 0.4) is 0 Å². The van der Waals surface area contributed by atoms with E-state index in [0.29, 0.717) is 5.75 Å². The predicted molar refractivity (Wildman–Crippen MR) is 43.4 cm³/mol. The summed E-state index contributed by atoms with van der Waals surface area (Å²) in [5, 5.41) is 17.4. The van der Waals surface area contributed by atoms with Crippen molar-refractivity contribution in [3.05, 3.63) is 22.6 Å². The van der Waals surface area contributed by atoms with Crippen molar-refractivity contribution in [1.82, 2.24) is 4.98 Å². The first-order valence-electron chi connectivity index (χ1n) is 3.28. The standard InChI is InChI=1S/C6H8BNO4/c1-12-4-2-5(7(10)11)6(9)8-3-4/h2-3,10-11H,1H3,(H,8,9). The third-order valence-corrected chi connectivity index (χ3v) is 1.42. The molecular formula is C6H8BNO4. The molecular weight excluding hydrogens is 161 g/mol. The lowest BCUT2D eigenvalue weighted by atomic mass is 9.81. The van der Waals surface area contributed by atoms with E-state index < -0.39 is 12.7 Å². The van der Waals surface area contributed by atoms with E-state index in [1.807, 2.05) is 0 Å². The second kappa shape index (κ2) is 3.42. The number of pyridine rings is 1. The molecule has 0 saturated carbocycles. The summed E-state index contributed by atoms with van der Waals surface area (Å²) in [6.45, 7) is 0. The molecule has 0 aromatic carbocycles. The van der Waals surface area contributed by atoms with Gasteiger partial charge < -0.3 is 19.8 Å². The van der Waals surface area contributed by atoms with E-state index >= 15 is 0 Å². The molecule has 0 aliphatic carbocycles. The Kier molecular flexibility index (Phi) is 2.52. The molecule has 1 aromatic heterocycles. The highest BCUT2D eigenvalue weighted by Crippen LogP contribution is 2.00. The van der Waals surface area contributed by atoms with Gasteiger partial charge in [-0.15, -0.1) is 0 Å². The number of aromatic nitrogens is 1. The molecule has 0 radical (unpaired) electrons. The molecule has 0 spiro atoms. The third-order valence-electron chi connectivity index (χ3n) is 1.42. The van der Waals surface area contributed by atoms with E-state index in [1.54, 1.807) is 0 Å². The first-order chi connectivity index (χ1) is 5.65. The van der Waals surface area contributed by atoms with Crippen LogP contribution >= 0.6 is 0 Å². The molecule has 1 aromatic rings. The number of rotatable bonds is 2. The number of H-pyrrole nitrogens is 1. The fourth-order valence-corrected chi connectivity index (χ4v) is 0.790. The Bertz CT molecular complexity index is 322. The molecule has 3 N–H and O–H groups in total. The molecule has 1 rings (SSSR count). The second-order valence-corrected chi connectivity index (χ2v) is 2.20.